The standard InChI is InChI=1S/C35H35ClN6O3/c1-18(2)31-32(19(3)11-12-37-31)42-27-17-40(26-14-23(43)13-20-5-4-6-24(36)29(20)26)15-21-7-10-28(44)33-25-9-8-22(38-25)16-41(33)34(30(21)27)39-35(42)45/h4-7,10-14,18,21-22,25,33,38,43H,8-9,15-17H2,1-3H3/b10-7-. The second kappa shape index (κ2) is 10.4. The van der Waals surface area contributed by atoms with Crippen LogP contribution in [0.15, 0.2) is 59.5 Å². The van der Waals surface area contributed by atoms with E-state index < -0.39 is 6.04 Å². The molecular weight excluding hydrogens is 588 g/mol. The van der Waals surface area contributed by atoms with Crippen LogP contribution in [0.2, 0.25) is 5.02 Å². The number of halogens is 1. The van der Waals surface area contributed by atoms with Crippen LogP contribution >= 0.6 is 11.6 Å². The fourth-order valence-electron chi connectivity index (χ4n) is 8.04. The summed E-state index contributed by atoms with van der Waals surface area (Å²) in [6, 6.07) is 10.9. The molecule has 0 spiro atoms. The van der Waals surface area contributed by atoms with Crippen LogP contribution in [0.1, 0.15) is 61.0 Å². The molecule has 4 unspecified atom stereocenters. The molecule has 45 heavy (non-hydrogen) atoms. The number of hydrogen-bond donors (Lipinski definition) is 2. The molecule has 2 fully saturated rings. The van der Waals surface area contributed by atoms with E-state index in [4.69, 9.17) is 21.6 Å². The normalized spacial score (nSPS) is 24.4. The largest absolute Gasteiger partial charge is 0.508 e. The SMILES string of the molecule is Cc1ccnc(C(C)C)c1-n1c2c3c(nc1=O)N1CC4CCC(N4)C1C(=O)/C=C\C3CN(c1cc(O)cc3cccc(Cl)c13)C2. The molecule has 230 valence electrons. The molecule has 8 rings (SSSR count). The first kappa shape index (κ1) is 28.3. The van der Waals surface area contributed by atoms with Gasteiger partial charge < -0.3 is 20.2 Å². The average Bonchev–Trinajstić information content (AvgIpc) is 3.38. The molecule has 2 saturated heterocycles. The Morgan fingerprint density at radius 2 is 1.96 bits per heavy atom. The highest BCUT2D eigenvalue weighted by Crippen LogP contribution is 2.45. The molecule has 9 nitrogen and oxygen atoms in total. The maximum Gasteiger partial charge on any atom is 0.354 e. The van der Waals surface area contributed by atoms with Gasteiger partial charge in [0.05, 0.1) is 34.3 Å². The number of ketones is 1. The fraction of sp³-hybridized carbons (Fsp3) is 0.371. The minimum atomic E-state index is -0.411. The topological polar surface area (TPSA) is 104 Å². The first-order valence-corrected chi connectivity index (χ1v) is 16.1. The molecule has 0 radical (unpaired) electrons. The van der Waals surface area contributed by atoms with Gasteiger partial charge in [-0.05, 0) is 60.9 Å². The van der Waals surface area contributed by atoms with E-state index in [1.54, 1.807) is 29.0 Å². The third-order valence-corrected chi connectivity index (χ3v) is 10.3. The van der Waals surface area contributed by atoms with Gasteiger partial charge in [-0.25, -0.2) is 4.79 Å². The van der Waals surface area contributed by atoms with Crippen LogP contribution in [-0.2, 0) is 11.3 Å². The van der Waals surface area contributed by atoms with Crippen molar-refractivity contribution in [3.05, 3.63) is 92.8 Å². The quantitative estimate of drug-likeness (QED) is 0.324. The summed E-state index contributed by atoms with van der Waals surface area (Å²) in [7, 11) is 0. The highest BCUT2D eigenvalue weighted by Gasteiger charge is 2.47. The van der Waals surface area contributed by atoms with Crippen molar-refractivity contribution in [2.45, 2.75) is 70.1 Å². The fourth-order valence-corrected chi connectivity index (χ4v) is 8.31. The monoisotopic (exact) mass is 622 g/mol. The van der Waals surface area contributed by atoms with Crippen LogP contribution in [0.4, 0.5) is 11.5 Å². The molecule has 4 aliphatic heterocycles. The van der Waals surface area contributed by atoms with Gasteiger partial charge in [-0.1, -0.05) is 43.7 Å². The van der Waals surface area contributed by atoms with Gasteiger partial charge >= 0.3 is 5.69 Å². The first-order valence-electron chi connectivity index (χ1n) is 15.7. The Bertz CT molecular complexity index is 1990. The molecule has 2 N–H and O–H groups in total. The zero-order valence-electron chi connectivity index (χ0n) is 25.5. The van der Waals surface area contributed by atoms with Crippen molar-refractivity contribution in [3.63, 3.8) is 0 Å². The lowest BCUT2D eigenvalue weighted by molar-refractivity contribution is -0.116. The summed E-state index contributed by atoms with van der Waals surface area (Å²) in [5, 5.41) is 16.7. The van der Waals surface area contributed by atoms with Gasteiger partial charge in [-0.15, -0.1) is 0 Å². The summed E-state index contributed by atoms with van der Waals surface area (Å²) in [5.74, 6) is 0.588. The first-order chi connectivity index (χ1) is 21.7. The second-order valence-electron chi connectivity index (χ2n) is 13.1. The smallest absolute Gasteiger partial charge is 0.354 e. The number of anilines is 2. The van der Waals surface area contributed by atoms with Crippen molar-refractivity contribution in [3.8, 4) is 11.4 Å². The van der Waals surface area contributed by atoms with E-state index in [1.807, 2.05) is 37.3 Å². The Balaban J connectivity index is 1.42. The number of carbonyl (C=O) groups is 1. The van der Waals surface area contributed by atoms with Crippen molar-refractivity contribution in [1.29, 1.82) is 0 Å². The van der Waals surface area contributed by atoms with E-state index in [1.165, 1.54) is 0 Å². The van der Waals surface area contributed by atoms with E-state index >= 15 is 0 Å². The van der Waals surface area contributed by atoms with Crippen LogP contribution < -0.4 is 20.8 Å². The third kappa shape index (κ3) is 4.39. The number of fused-ring (bicyclic) bond motifs is 6. The molecule has 4 aliphatic rings. The number of carbonyl (C=O) groups excluding carboxylic acids is 1. The van der Waals surface area contributed by atoms with Gasteiger partial charge in [-0.3, -0.25) is 14.3 Å². The van der Waals surface area contributed by atoms with Gasteiger partial charge in [0.15, 0.2) is 5.78 Å². The zero-order chi connectivity index (χ0) is 31.1. The number of hydrogen-bond acceptors (Lipinski definition) is 8. The van der Waals surface area contributed by atoms with Gasteiger partial charge in [0.25, 0.3) is 0 Å². The Morgan fingerprint density at radius 3 is 2.78 bits per heavy atom. The predicted octanol–water partition coefficient (Wildman–Crippen LogP) is 5.12. The third-order valence-electron chi connectivity index (χ3n) is 9.96. The summed E-state index contributed by atoms with van der Waals surface area (Å²) >= 11 is 6.79. The number of phenolic OH excluding ortho intramolecular Hbond substituents is 1. The lowest BCUT2D eigenvalue weighted by atomic mass is 9.87. The minimum absolute atomic E-state index is 0.0198. The van der Waals surface area contributed by atoms with Gasteiger partial charge in [0.2, 0.25) is 0 Å². The summed E-state index contributed by atoms with van der Waals surface area (Å²) in [5.41, 5.74) is 4.67. The number of piperazine rings is 1. The van der Waals surface area contributed by atoms with Crippen LogP contribution in [-0.4, -0.2) is 56.6 Å². The molecular formula is C35H35ClN6O3. The molecule has 0 saturated carbocycles. The Kier molecular flexibility index (Phi) is 6.55. The molecule has 4 atom stereocenters. The Hall–Kier alpha value is -4.21. The average molecular weight is 623 g/mol. The lowest BCUT2D eigenvalue weighted by Gasteiger charge is -2.45. The number of aryl methyl sites for hydroxylation is 1. The highest BCUT2D eigenvalue weighted by atomic mass is 35.5. The number of pyridine rings is 1. The maximum atomic E-state index is 14.4. The molecule has 6 heterocycles. The number of benzene rings is 2. The van der Waals surface area contributed by atoms with E-state index in [9.17, 15) is 14.7 Å². The van der Waals surface area contributed by atoms with Gasteiger partial charge in [0.1, 0.15) is 17.6 Å². The van der Waals surface area contributed by atoms with Crippen LogP contribution in [0, 0.1) is 6.92 Å². The summed E-state index contributed by atoms with van der Waals surface area (Å²) in [6.45, 7) is 7.67. The molecule has 0 aliphatic carbocycles. The molecule has 2 aromatic heterocycles. The van der Waals surface area contributed by atoms with Crippen molar-refractivity contribution in [1.82, 2.24) is 19.9 Å². The predicted molar refractivity (Wildman–Crippen MR) is 176 cm³/mol. The van der Waals surface area contributed by atoms with Crippen molar-refractivity contribution >= 4 is 39.7 Å². The summed E-state index contributed by atoms with van der Waals surface area (Å²) in [6.07, 6.45) is 7.41. The zero-order valence-corrected chi connectivity index (χ0v) is 26.3. The van der Waals surface area contributed by atoms with Crippen LogP contribution in [0.25, 0.3) is 16.5 Å². The maximum absolute atomic E-state index is 14.4. The summed E-state index contributed by atoms with van der Waals surface area (Å²) < 4.78 is 1.76. The van der Waals surface area contributed by atoms with Crippen molar-refractivity contribution < 1.29 is 9.90 Å². The van der Waals surface area contributed by atoms with Gasteiger partial charge in [-0.2, -0.15) is 4.98 Å². The highest BCUT2D eigenvalue weighted by molar-refractivity contribution is 6.36. The summed E-state index contributed by atoms with van der Waals surface area (Å²) in [4.78, 5) is 42.0. The molecule has 4 aromatic rings. The van der Waals surface area contributed by atoms with Crippen LogP contribution in [0.3, 0.4) is 0 Å². The minimum Gasteiger partial charge on any atom is -0.508 e. The number of aromatic nitrogens is 3. The number of nitrogens with zero attached hydrogens (tertiary/aromatic N) is 5. The van der Waals surface area contributed by atoms with E-state index in [0.717, 1.165) is 57.5 Å². The lowest BCUT2D eigenvalue weighted by Crippen LogP contribution is -2.62. The van der Waals surface area contributed by atoms with E-state index in [2.05, 4.69) is 29.0 Å². The number of rotatable bonds is 3. The second-order valence-corrected chi connectivity index (χ2v) is 13.5. The number of phenols is 1. The molecule has 10 heteroatoms. The van der Waals surface area contributed by atoms with Crippen molar-refractivity contribution in [2.24, 2.45) is 0 Å². The molecule has 0 amide bonds. The van der Waals surface area contributed by atoms with Crippen molar-refractivity contribution in [2.75, 3.05) is 22.9 Å². The molecule has 2 bridgehead atoms. The number of aromatic hydroxyl groups is 1. The van der Waals surface area contributed by atoms with E-state index in [-0.39, 0.29) is 41.1 Å². The van der Waals surface area contributed by atoms with Crippen LogP contribution in [0.5, 0.6) is 5.75 Å². The molecule has 2 aromatic carbocycles. The van der Waals surface area contributed by atoms with Gasteiger partial charge in [0, 0.05) is 54.3 Å². The Labute approximate surface area is 266 Å². The van der Waals surface area contributed by atoms with E-state index in [0.29, 0.717) is 30.5 Å². The number of nitrogens with one attached hydrogen (secondary N) is 1. The Morgan fingerprint density at radius 1 is 1.11 bits per heavy atom.